The van der Waals surface area contributed by atoms with E-state index in [2.05, 4.69) is 4.74 Å². The van der Waals surface area contributed by atoms with Gasteiger partial charge in [0.1, 0.15) is 10.0 Å². The van der Waals surface area contributed by atoms with E-state index in [0.717, 1.165) is 0 Å². The Balaban J connectivity index is 3.43. The molecular weight excluding hydrogens is 240 g/mol. The summed E-state index contributed by atoms with van der Waals surface area (Å²) in [6.07, 6.45) is 0. The Hall–Kier alpha value is -0.610. The van der Waals surface area contributed by atoms with Crippen molar-refractivity contribution in [3.8, 4) is 5.75 Å². The second-order valence-corrected chi connectivity index (χ2v) is 3.09. The molecule has 1 nitrogen and oxygen atoms in total. The molecule has 14 heavy (non-hydrogen) atoms. The molecule has 0 atom stereocenters. The third-order valence-corrected chi connectivity index (χ3v) is 2.13. The van der Waals surface area contributed by atoms with Gasteiger partial charge in [-0.15, -0.1) is 0 Å². The van der Waals surface area contributed by atoms with E-state index in [1.807, 2.05) is 0 Å². The molecule has 0 aliphatic rings. The number of ether oxygens (including phenoxy) is 1. The molecule has 1 aromatic carbocycles. The van der Waals surface area contributed by atoms with Crippen molar-refractivity contribution in [2.75, 3.05) is 6.61 Å². The minimum atomic E-state index is -1.50. The van der Waals surface area contributed by atoms with Crippen LogP contribution in [0, 0.1) is 17.5 Å². The largest absolute Gasteiger partial charge is 0.489 e. The molecule has 0 heterocycles. The molecule has 0 amide bonds. The molecule has 0 aliphatic carbocycles. The molecule has 0 saturated carbocycles. The van der Waals surface area contributed by atoms with E-state index >= 15 is 0 Å². The first-order chi connectivity index (χ1) is 6.50. The zero-order valence-electron chi connectivity index (χ0n) is 7.01. The minimum absolute atomic E-state index is 0.0388. The Labute approximate surface area is 88.4 Å². The quantitative estimate of drug-likeness (QED) is 0.568. The molecule has 0 aliphatic heterocycles. The number of benzene rings is 1. The first kappa shape index (κ1) is 11.5. The lowest BCUT2D eigenvalue weighted by molar-refractivity contribution is 0.311. The van der Waals surface area contributed by atoms with Crippen molar-refractivity contribution in [3.05, 3.63) is 27.5 Å². The Kier molecular flexibility index (Phi) is 3.50. The summed E-state index contributed by atoms with van der Waals surface area (Å²) in [5.41, 5.74) is 0. The standard InChI is InChI=1S/C8H5Cl2F3O/c1-2-14-8-4(10)5(11)3(9)6(12)7(8)13/h2H2,1H3. The first-order valence-electron chi connectivity index (χ1n) is 3.64. The molecule has 0 saturated heterocycles. The maximum atomic E-state index is 13.1. The van der Waals surface area contributed by atoms with Gasteiger partial charge in [-0.1, -0.05) is 23.2 Å². The van der Waals surface area contributed by atoms with Crippen molar-refractivity contribution >= 4 is 23.2 Å². The molecule has 0 N–H and O–H groups in total. The predicted molar refractivity (Wildman–Crippen MR) is 47.5 cm³/mol. The zero-order valence-corrected chi connectivity index (χ0v) is 8.52. The van der Waals surface area contributed by atoms with Gasteiger partial charge in [-0.2, -0.15) is 4.39 Å². The lowest BCUT2D eigenvalue weighted by Gasteiger charge is -2.09. The third-order valence-electron chi connectivity index (χ3n) is 1.46. The molecule has 78 valence electrons. The van der Waals surface area contributed by atoms with Crippen LogP contribution in [-0.2, 0) is 0 Å². The van der Waals surface area contributed by atoms with Crippen molar-refractivity contribution in [3.63, 3.8) is 0 Å². The Morgan fingerprint density at radius 1 is 1.00 bits per heavy atom. The number of hydrogen-bond acceptors (Lipinski definition) is 1. The normalized spacial score (nSPS) is 10.4. The van der Waals surface area contributed by atoms with Gasteiger partial charge in [0.2, 0.25) is 5.82 Å². The van der Waals surface area contributed by atoms with Crippen LogP contribution in [0.4, 0.5) is 13.2 Å². The minimum Gasteiger partial charge on any atom is -0.489 e. The number of halogens is 5. The van der Waals surface area contributed by atoms with E-state index in [1.54, 1.807) is 0 Å². The molecular formula is C8H5Cl2F3O. The predicted octanol–water partition coefficient (Wildman–Crippen LogP) is 3.81. The van der Waals surface area contributed by atoms with Crippen LogP contribution < -0.4 is 4.74 Å². The van der Waals surface area contributed by atoms with Crippen molar-refractivity contribution in [2.45, 2.75) is 6.92 Å². The zero-order chi connectivity index (χ0) is 10.9. The number of hydrogen-bond donors (Lipinski definition) is 0. The topological polar surface area (TPSA) is 9.23 Å². The highest BCUT2D eigenvalue weighted by molar-refractivity contribution is 6.35. The average molecular weight is 245 g/mol. The Morgan fingerprint density at radius 2 is 1.57 bits per heavy atom. The van der Waals surface area contributed by atoms with E-state index in [4.69, 9.17) is 23.2 Å². The maximum Gasteiger partial charge on any atom is 0.203 e. The second-order valence-electron chi connectivity index (χ2n) is 2.33. The highest BCUT2D eigenvalue weighted by Gasteiger charge is 2.23. The molecule has 0 bridgehead atoms. The van der Waals surface area contributed by atoms with Crippen molar-refractivity contribution < 1.29 is 17.9 Å². The molecule has 1 rings (SSSR count). The Morgan fingerprint density at radius 3 is 2.07 bits per heavy atom. The summed E-state index contributed by atoms with van der Waals surface area (Å²) in [6.45, 7) is 1.57. The molecule has 1 aromatic rings. The van der Waals surface area contributed by atoms with Crippen LogP contribution >= 0.6 is 23.2 Å². The fourth-order valence-corrected chi connectivity index (χ4v) is 1.31. The Bertz CT molecular complexity index is 339. The lowest BCUT2D eigenvalue weighted by Crippen LogP contribution is -2.01. The van der Waals surface area contributed by atoms with Crippen LogP contribution in [0.25, 0.3) is 0 Å². The van der Waals surface area contributed by atoms with Gasteiger partial charge in [0.25, 0.3) is 0 Å². The SMILES string of the molecule is CCOc1c(F)c(F)c(Cl)c(F)c1Cl. The van der Waals surface area contributed by atoms with E-state index in [1.165, 1.54) is 6.92 Å². The summed E-state index contributed by atoms with van der Waals surface area (Å²) in [4.78, 5) is 0. The smallest absolute Gasteiger partial charge is 0.203 e. The van der Waals surface area contributed by atoms with E-state index < -0.39 is 33.2 Å². The van der Waals surface area contributed by atoms with Gasteiger partial charge in [0.05, 0.1) is 6.61 Å². The van der Waals surface area contributed by atoms with Gasteiger partial charge in [0.15, 0.2) is 17.4 Å². The van der Waals surface area contributed by atoms with Gasteiger partial charge >= 0.3 is 0 Å². The van der Waals surface area contributed by atoms with Gasteiger partial charge in [-0.3, -0.25) is 0 Å². The molecule has 0 fully saturated rings. The van der Waals surface area contributed by atoms with Crippen LogP contribution in [0.15, 0.2) is 0 Å². The second kappa shape index (κ2) is 4.28. The highest BCUT2D eigenvalue weighted by atomic mass is 35.5. The van der Waals surface area contributed by atoms with Crippen LogP contribution in [0.5, 0.6) is 5.75 Å². The van der Waals surface area contributed by atoms with E-state index in [0.29, 0.717) is 0 Å². The van der Waals surface area contributed by atoms with Gasteiger partial charge in [-0.05, 0) is 6.92 Å². The third kappa shape index (κ3) is 1.77. The fraction of sp³-hybridized carbons (Fsp3) is 0.250. The summed E-state index contributed by atoms with van der Waals surface area (Å²) in [5.74, 6) is -4.77. The van der Waals surface area contributed by atoms with E-state index in [-0.39, 0.29) is 6.61 Å². The molecule has 0 spiro atoms. The summed E-state index contributed by atoms with van der Waals surface area (Å²) < 4.78 is 43.6. The van der Waals surface area contributed by atoms with Gasteiger partial charge in [0, 0.05) is 0 Å². The molecule has 0 radical (unpaired) electrons. The molecule has 0 aromatic heterocycles. The molecule has 0 unspecified atom stereocenters. The lowest BCUT2D eigenvalue weighted by atomic mass is 10.3. The van der Waals surface area contributed by atoms with Crippen LogP contribution in [0.3, 0.4) is 0 Å². The number of rotatable bonds is 2. The maximum absolute atomic E-state index is 13.1. The summed E-state index contributed by atoms with van der Waals surface area (Å²) >= 11 is 10.5. The van der Waals surface area contributed by atoms with Crippen LogP contribution in [-0.4, -0.2) is 6.61 Å². The summed E-state index contributed by atoms with van der Waals surface area (Å²) in [7, 11) is 0. The summed E-state index contributed by atoms with van der Waals surface area (Å²) in [6, 6.07) is 0. The van der Waals surface area contributed by atoms with Gasteiger partial charge < -0.3 is 4.74 Å². The van der Waals surface area contributed by atoms with E-state index in [9.17, 15) is 13.2 Å². The highest BCUT2D eigenvalue weighted by Crippen LogP contribution is 2.37. The van der Waals surface area contributed by atoms with Gasteiger partial charge in [-0.25, -0.2) is 8.78 Å². The monoisotopic (exact) mass is 244 g/mol. The van der Waals surface area contributed by atoms with Crippen LogP contribution in [0.2, 0.25) is 10.0 Å². The average Bonchev–Trinajstić information content (AvgIpc) is 2.19. The van der Waals surface area contributed by atoms with Crippen LogP contribution in [0.1, 0.15) is 6.92 Å². The van der Waals surface area contributed by atoms with Crippen molar-refractivity contribution in [1.29, 1.82) is 0 Å². The van der Waals surface area contributed by atoms with Crippen molar-refractivity contribution in [2.24, 2.45) is 0 Å². The first-order valence-corrected chi connectivity index (χ1v) is 4.40. The van der Waals surface area contributed by atoms with Crippen molar-refractivity contribution in [1.82, 2.24) is 0 Å². The summed E-state index contributed by atoms with van der Waals surface area (Å²) in [5, 5.41) is -1.63. The fourth-order valence-electron chi connectivity index (χ4n) is 0.856. The molecule has 6 heteroatoms.